The number of hydrogen-bond donors (Lipinski definition) is 2. The van der Waals surface area contributed by atoms with Gasteiger partial charge in [0.15, 0.2) is 0 Å². The van der Waals surface area contributed by atoms with Crippen LogP contribution in [0.1, 0.15) is 47.7 Å². The highest BCUT2D eigenvalue weighted by Gasteiger charge is 2.06. The molecule has 2 N–H and O–H groups in total. The average Bonchev–Trinajstić information content (AvgIpc) is 2.60. The molecule has 23 heavy (non-hydrogen) atoms. The van der Waals surface area contributed by atoms with Crippen LogP contribution < -0.4 is 10.6 Å². The predicted molar refractivity (Wildman–Crippen MR) is 95.6 cm³/mol. The Balaban J connectivity index is 1.85. The van der Waals surface area contributed by atoms with Crippen LogP contribution in [0.15, 0.2) is 54.6 Å². The van der Waals surface area contributed by atoms with Gasteiger partial charge in [-0.1, -0.05) is 56.3 Å². The molecule has 3 heteroatoms. The molecule has 3 nitrogen and oxygen atoms in total. The number of rotatable bonds is 8. The summed E-state index contributed by atoms with van der Waals surface area (Å²) in [6.07, 6.45) is 0.949. The van der Waals surface area contributed by atoms with E-state index in [4.69, 9.17) is 0 Å². The van der Waals surface area contributed by atoms with Crippen LogP contribution in [0.2, 0.25) is 0 Å². The van der Waals surface area contributed by atoms with Crippen LogP contribution in [-0.4, -0.2) is 19.0 Å². The maximum Gasteiger partial charge on any atom is 0.251 e. The topological polar surface area (TPSA) is 41.1 Å². The van der Waals surface area contributed by atoms with Crippen molar-refractivity contribution in [3.8, 4) is 0 Å². The molecule has 1 atom stereocenters. The summed E-state index contributed by atoms with van der Waals surface area (Å²) in [5, 5.41) is 6.39. The van der Waals surface area contributed by atoms with Gasteiger partial charge in [0.05, 0.1) is 0 Å². The number of benzene rings is 2. The van der Waals surface area contributed by atoms with Crippen LogP contribution in [0.5, 0.6) is 0 Å². The molecule has 0 saturated heterocycles. The minimum absolute atomic E-state index is 0.00588. The molecular weight excluding hydrogens is 284 g/mol. The quantitative estimate of drug-likeness (QED) is 0.780. The SMILES string of the molecule is CCCNC(=O)c1cccc(CNCC(C)c2ccccc2)c1. The van der Waals surface area contributed by atoms with Crippen molar-refractivity contribution in [3.63, 3.8) is 0 Å². The lowest BCUT2D eigenvalue weighted by Crippen LogP contribution is -2.24. The standard InChI is InChI=1S/C20H26N2O/c1-3-12-22-20(23)19-11-7-8-17(13-19)15-21-14-16(2)18-9-5-4-6-10-18/h4-11,13,16,21H,3,12,14-15H2,1-2H3,(H,22,23). The van der Waals surface area contributed by atoms with E-state index in [-0.39, 0.29) is 5.91 Å². The highest BCUT2D eigenvalue weighted by molar-refractivity contribution is 5.94. The van der Waals surface area contributed by atoms with Crippen LogP contribution >= 0.6 is 0 Å². The number of hydrogen-bond acceptors (Lipinski definition) is 2. The van der Waals surface area contributed by atoms with Crippen LogP contribution in [0.25, 0.3) is 0 Å². The summed E-state index contributed by atoms with van der Waals surface area (Å²) < 4.78 is 0. The molecular formula is C20H26N2O. The van der Waals surface area contributed by atoms with Crippen molar-refractivity contribution in [3.05, 3.63) is 71.3 Å². The Labute approximate surface area is 139 Å². The monoisotopic (exact) mass is 310 g/mol. The molecule has 1 amide bonds. The van der Waals surface area contributed by atoms with E-state index in [1.165, 1.54) is 5.56 Å². The molecule has 2 aromatic rings. The fourth-order valence-corrected chi connectivity index (χ4v) is 2.50. The van der Waals surface area contributed by atoms with Crippen LogP contribution in [0, 0.1) is 0 Å². The maximum absolute atomic E-state index is 12.0. The highest BCUT2D eigenvalue weighted by Crippen LogP contribution is 2.13. The van der Waals surface area contributed by atoms with Gasteiger partial charge in [0.2, 0.25) is 0 Å². The summed E-state index contributed by atoms with van der Waals surface area (Å²) in [7, 11) is 0. The van der Waals surface area contributed by atoms with Crippen molar-refractivity contribution < 1.29 is 4.79 Å². The van der Waals surface area contributed by atoms with Crippen LogP contribution in [-0.2, 0) is 6.54 Å². The zero-order valence-corrected chi connectivity index (χ0v) is 14.0. The molecule has 122 valence electrons. The zero-order valence-electron chi connectivity index (χ0n) is 14.0. The summed E-state index contributed by atoms with van der Waals surface area (Å²) in [4.78, 5) is 12.0. The van der Waals surface area contributed by atoms with Crippen molar-refractivity contribution in [2.45, 2.75) is 32.7 Å². The van der Waals surface area contributed by atoms with Gasteiger partial charge in [0.25, 0.3) is 5.91 Å². The van der Waals surface area contributed by atoms with Crippen LogP contribution in [0.4, 0.5) is 0 Å². The van der Waals surface area contributed by atoms with E-state index >= 15 is 0 Å². The van der Waals surface area contributed by atoms with Gasteiger partial charge in [-0.25, -0.2) is 0 Å². The summed E-state index contributed by atoms with van der Waals surface area (Å²) in [5.41, 5.74) is 3.20. The van der Waals surface area contributed by atoms with Gasteiger partial charge in [0.1, 0.15) is 0 Å². The van der Waals surface area contributed by atoms with Gasteiger partial charge in [-0.05, 0) is 35.6 Å². The third-order valence-corrected chi connectivity index (χ3v) is 3.87. The molecule has 0 fully saturated rings. The fourth-order valence-electron chi connectivity index (χ4n) is 2.50. The van der Waals surface area contributed by atoms with Gasteiger partial charge in [0, 0.05) is 25.2 Å². The second-order valence-corrected chi connectivity index (χ2v) is 5.90. The molecule has 1 unspecified atom stereocenters. The third-order valence-electron chi connectivity index (χ3n) is 3.87. The molecule has 0 aromatic heterocycles. The van der Waals surface area contributed by atoms with E-state index in [0.29, 0.717) is 5.92 Å². The summed E-state index contributed by atoms with van der Waals surface area (Å²) in [6, 6.07) is 18.3. The molecule has 0 radical (unpaired) electrons. The van der Waals surface area contributed by atoms with E-state index in [0.717, 1.165) is 37.2 Å². The normalized spacial score (nSPS) is 11.9. The molecule has 0 aliphatic rings. The second kappa shape index (κ2) is 9.11. The Hall–Kier alpha value is -2.13. The van der Waals surface area contributed by atoms with Gasteiger partial charge in [-0.2, -0.15) is 0 Å². The van der Waals surface area contributed by atoms with Crippen molar-refractivity contribution in [2.24, 2.45) is 0 Å². The first-order valence-corrected chi connectivity index (χ1v) is 8.33. The molecule has 0 spiro atoms. The van der Waals surface area contributed by atoms with Gasteiger partial charge in [-0.15, -0.1) is 0 Å². The first-order chi connectivity index (χ1) is 11.2. The highest BCUT2D eigenvalue weighted by atomic mass is 16.1. The van der Waals surface area contributed by atoms with E-state index in [1.807, 2.05) is 24.3 Å². The summed E-state index contributed by atoms with van der Waals surface area (Å²) in [6.45, 7) is 6.67. The lowest BCUT2D eigenvalue weighted by atomic mass is 10.0. The molecule has 0 aliphatic carbocycles. The van der Waals surface area contributed by atoms with Crippen molar-refractivity contribution in [1.82, 2.24) is 10.6 Å². The Kier molecular flexibility index (Phi) is 6.82. The second-order valence-electron chi connectivity index (χ2n) is 5.90. The Morgan fingerprint density at radius 2 is 1.87 bits per heavy atom. The Morgan fingerprint density at radius 1 is 1.09 bits per heavy atom. The van der Waals surface area contributed by atoms with E-state index in [9.17, 15) is 4.79 Å². The molecule has 0 aliphatic heterocycles. The minimum Gasteiger partial charge on any atom is -0.352 e. The van der Waals surface area contributed by atoms with E-state index < -0.39 is 0 Å². The van der Waals surface area contributed by atoms with Crippen molar-refractivity contribution in [1.29, 1.82) is 0 Å². The number of nitrogens with one attached hydrogen (secondary N) is 2. The third kappa shape index (κ3) is 5.53. The summed E-state index contributed by atoms with van der Waals surface area (Å²) in [5.74, 6) is 0.471. The summed E-state index contributed by atoms with van der Waals surface area (Å²) >= 11 is 0. The van der Waals surface area contributed by atoms with Crippen LogP contribution in [0.3, 0.4) is 0 Å². The van der Waals surface area contributed by atoms with Gasteiger partial charge >= 0.3 is 0 Å². The predicted octanol–water partition coefficient (Wildman–Crippen LogP) is 3.72. The lowest BCUT2D eigenvalue weighted by Gasteiger charge is -2.13. The number of carbonyl (C=O) groups is 1. The zero-order chi connectivity index (χ0) is 16.5. The van der Waals surface area contributed by atoms with Gasteiger partial charge in [-0.3, -0.25) is 4.79 Å². The first-order valence-electron chi connectivity index (χ1n) is 8.33. The van der Waals surface area contributed by atoms with E-state index in [1.54, 1.807) is 0 Å². The molecule has 0 saturated carbocycles. The minimum atomic E-state index is 0.00588. The Bertz CT molecular complexity index is 610. The average molecular weight is 310 g/mol. The molecule has 2 rings (SSSR count). The Morgan fingerprint density at radius 3 is 2.61 bits per heavy atom. The molecule has 2 aromatic carbocycles. The lowest BCUT2D eigenvalue weighted by molar-refractivity contribution is 0.0953. The molecule has 0 bridgehead atoms. The number of carbonyl (C=O) groups excluding carboxylic acids is 1. The fraction of sp³-hybridized carbons (Fsp3) is 0.350. The largest absolute Gasteiger partial charge is 0.352 e. The number of amides is 1. The van der Waals surface area contributed by atoms with Crippen molar-refractivity contribution in [2.75, 3.05) is 13.1 Å². The van der Waals surface area contributed by atoms with E-state index in [2.05, 4.69) is 54.8 Å². The molecule has 0 heterocycles. The van der Waals surface area contributed by atoms with Crippen molar-refractivity contribution >= 4 is 5.91 Å². The first kappa shape index (κ1) is 17.2. The smallest absolute Gasteiger partial charge is 0.251 e. The maximum atomic E-state index is 12.0. The van der Waals surface area contributed by atoms with Gasteiger partial charge < -0.3 is 10.6 Å².